The molecule has 1 aliphatic rings. The van der Waals surface area contributed by atoms with Crippen LogP contribution in [-0.2, 0) is 6.54 Å². The number of rotatable bonds is 5. The highest BCUT2D eigenvalue weighted by Gasteiger charge is 2.23. The molecule has 0 aromatic carbocycles. The largest absolute Gasteiger partial charge is 0.346 e. The number of hydrogen-bond donors (Lipinski definition) is 1. The fourth-order valence-electron chi connectivity index (χ4n) is 2.97. The summed E-state index contributed by atoms with van der Waals surface area (Å²) in [5.41, 5.74) is 2.21. The fraction of sp³-hybridized carbons (Fsp3) is 0.500. The van der Waals surface area contributed by atoms with Crippen LogP contribution in [0, 0.1) is 0 Å². The minimum atomic E-state index is -0.0415. The van der Waals surface area contributed by atoms with E-state index in [1.54, 1.807) is 6.20 Å². The molecule has 1 saturated heterocycles. The Morgan fingerprint density at radius 1 is 1.50 bits per heavy atom. The first kappa shape index (κ1) is 17.0. The summed E-state index contributed by atoms with van der Waals surface area (Å²) < 4.78 is 0. The highest BCUT2D eigenvalue weighted by molar-refractivity contribution is 7.11. The lowest BCUT2D eigenvalue weighted by Gasteiger charge is -2.32. The average molecular weight is 344 g/mol. The van der Waals surface area contributed by atoms with Gasteiger partial charge in [-0.3, -0.25) is 14.7 Å². The summed E-state index contributed by atoms with van der Waals surface area (Å²) in [7, 11) is 0. The number of piperidine rings is 1. The number of aromatic nitrogens is 2. The van der Waals surface area contributed by atoms with Crippen LogP contribution in [0.3, 0.4) is 0 Å². The second-order valence-electron chi connectivity index (χ2n) is 6.64. The summed E-state index contributed by atoms with van der Waals surface area (Å²) in [5, 5.41) is 5.71. The van der Waals surface area contributed by atoms with Crippen molar-refractivity contribution in [3.05, 3.63) is 46.2 Å². The zero-order valence-electron chi connectivity index (χ0n) is 14.2. The maximum absolute atomic E-state index is 12.4. The molecule has 1 fully saturated rings. The number of carbonyl (C=O) groups is 1. The Kier molecular flexibility index (Phi) is 5.58. The van der Waals surface area contributed by atoms with Crippen LogP contribution in [0.4, 0.5) is 0 Å². The Balaban J connectivity index is 1.55. The first-order valence-electron chi connectivity index (χ1n) is 8.49. The number of likely N-dealkylation sites (tertiary alicyclic amines) is 1. The summed E-state index contributed by atoms with van der Waals surface area (Å²) in [5.74, 6) is 0.313. The van der Waals surface area contributed by atoms with Gasteiger partial charge in [-0.15, -0.1) is 11.3 Å². The van der Waals surface area contributed by atoms with E-state index in [9.17, 15) is 4.79 Å². The van der Waals surface area contributed by atoms with Crippen molar-refractivity contribution in [3.8, 4) is 0 Å². The van der Waals surface area contributed by atoms with Crippen LogP contribution in [0.2, 0.25) is 0 Å². The standard InChI is InChI=1S/C18H24N4OS/c1-13(2)16-12-24-18(21-16)17(23)20-15-6-4-8-22(11-15)10-14-5-3-7-19-9-14/h3,5,7,9,12-13,15H,4,6,8,10-11H2,1-2H3,(H,20,23)/t15-/m1/s1. The van der Waals surface area contributed by atoms with E-state index in [1.807, 2.05) is 17.6 Å². The van der Waals surface area contributed by atoms with Crippen molar-refractivity contribution in [2.24, 2.45) is 0 Å². The van der Waals surface area contributed by atoms with E-state index in [0.29, 0.717) is 10.9 Å². The van der Waals surface area contributed by atoms with Crippen molar-refractivity contribution in [3.63, 3.8) is 0 Å². The highest BCUT2D eigenvalue weighted by Crippen LogP contribution is 2.19. The number of nitrogens with zero attached hydrogens (tertiary/aromatic N) is 3. The van der Waals surface area contributed by atoms with E-state index in [-0.39, 0.29) is 11.9 Å². The minimum absolute atomic E-state index is 0.0415. The molecule has 3 rings (SSSR count). The quantitative estimate of drug-likeness (QED) is 0.906. The van der Waals surface area contributed by atoms with Gasteiger partial charge in [0.2, 0.25) is 0 Å². The molecule has 6 heteroatoms. The normalized spacial score (nSPS) is 18.7. The van der Waals surface area contributed by atoms with Crippen LogP contribution >= 0.6 is 11.3 Å². The molecule has 1 N–H and O–H groups in total. The Morgan fingerprint density at radius 3 is 3.08 bits per heavy atom. The Hall–Kier alpha value is -1.79. The average Bonchev–Trinajstić information content (AvgIpc) is 3.06. The van der Waals surface area contributed by atoms with Gasteiger partial charge in [0.05, 0.1) is 5.69 Å². The molecule has 0 saturated carbocycles. The molecule has 1 amide bonds. The van der Waals surface area contributed by atoms with Crippen LogP contribution < -0.4 is 5.32 Å². The molecule has 3 heterocycles. The number of pyridine rings is 1. The van der Waals surface area contributed by atoms with Crippen LogP contribution in [0.5, 0.6) is 0 Å². The van der Waals surface area contributed by atoms with Crippen molar-refractivity contribution in [2.75, 3.05) is 13.1 Å². The Morgan fingerprint density at radius 2 is 2.38 bits per heavy atom. The van der Waals surface area contributed by atoms with Gasteiger partial charge in [0.1, 0.15) is 0 Å². The van der Waals surface area contributed by atoms with E-state index >= 15 is 0 Å². The summed E-state index contributed by atoms with van der Waals surface area (Å²) in [6.45, 7) is 7.01. The minimum Gasteiger partial charge on any atom is -0.346 e. The summed E-state index contributed by atoms with van der Waals surface area (Å²) >= 11 is 1.43. The van der Waals surface area contributed by atoms with Crippen molar-refractivity contribution < 1.29 is 4.79 Å². The molecular weight excluding hydrogens is 320 g/mol. The van der Waals surface area contributed by atoms with Crippen LogP contribution in [0.1, 0.15) is 53.7 Å². The topological polar surface area (TPSA) is 58.1 Å². The predicted molar refractivity (Wildman–Crippen MR) is 96.2 cm³/mol. The molecule has 0 aliphatic carbocycles. The third kappa shape index (κ3) is 4.39. The summed E-state index contributed by atoms with van der Waals surface area (Å²) in [6.07, 6.45) is 5.82. The first-order chi connectivity index (χ1) is 11.6. The lowest BCUT2D eigenvalue weighted by atomic mass is 10.0. The van der Waals surface area contributed by atoms with Crippen molar-refractivity contribution in [1.82, 2.24) is 20.2 Å². The SMILES string of the molecule is CC(C)c1csc(C(=O)N[C@@H]2CCCN(Cc3cccnc3)C2)n1. The van der Waals surface area contributed by atoms with Gasteiger partial charge in [-0.1, -0.05) is 19.9 Å². The van der Waals surface area contributed by atoms with Crippen LogP contribution in [-0.4, -0.2) is 39.9 Å². The molecule has 24 heavy (non-hydrogen) atoms. The van der Waals surface area contributed by atoms with Gasteiger partial charge in [-0.05, 0) is 36.9 Å². The lowest BCUT2D eigenvalue weighted by molar-refractivity contribution is 0.0900. The second-order valence-corrected chi connectivity index (χ2v) is 7.50. The van der Waals surface area contributed by atoms with Crippen molar-refractivity contribution in [1.29, 1.82) is 0 Å². The van der Waals surface area contributed by atoms with Gasteiger partial charge in [0, 0.05) is 36.9 Å². The zero-order chi connectivity index (χ0) is 16.9. The number of thiazole rings is 1. The monoisotopic (exact) mass is 344 g/mol. The fourth-order valence-corrected chi connectivity index (χ4v) is 3.85. The smallest absolute Gasteiger partial charge is 0.280 e. The van der Waals surface area contributed by atoms with E-state index < -0.39 is 0 Å². The van der Waals surface area contributed by atoms with Gasteiger partial charge in [0.15, 0.2) is 5.01 Å². The van der Waals surface area contributed by atoms with Crippen molar-refractivity contribution in [2.45, 2.75) is 45.2 Å². The Labute approximate surface area is 147 Å². The third-order valence-electron chi connectivity index (χ3n) is 4.28. The molecular formula is C18H24N4OS. The van der Waals surface area contributed by atoms with E-state index in [4.69, 9.17) is 0 Å². The van der Waals surface area contributed by atoms with Crippen LogP contribution in [0.25, 0.3) is 0 Å². The molecule has 0 unspecified atom stereocenters. The van der Waals surface area contributed by atoms with E-state index in [1.165, 1.54) is 16.9 Å². The molecule has 5 nitrogen and oxygen atoms in total. The van der Waals surface area contributed by atoms with Crippen molar-refractivity contribution >= 4 is 17.2 Å². The maximum atomic E-state index is 12.4. The Bertz CT molecular complexity index is 671. The van der Waals surface area contributed by atoms with Gasteiger partial charge in [-0.25, -0.2) is 4.98 Å². The molecule has 2 aromatic rings. The summed E-state index contributed by atoms with van der Waals surface area (Å²) in [6, 6.07) is 4.25. The number of hydrogen-bond acceptors (Lipinski definition) is 5. The van der Waals surface area contributed by atoms with Gasteiger partial charge >= 0.3 is 0 Å². The number of amides is 1. The molecule has 0 spiro atoms. The van der Waals surface area contributed by atoms with E-state index in [0.717, 1.165) is 38.2 Å². The van der Waals surface area contributed by atoms with Gasteiger partial charge < -0.3 is 5.32 Å². The molecule has 1 atom stereocenters. The molecule has 0 radical (unpaired) electrons. The van der Waals surface area contributed by atoms with E-state index in [2.05, 4.69) is 40.1 Å². The van der Waals surface area contributed by atoms with Gasteiger partial charge in [0.25, 0.3) is 5.91 Å². The first-order valence-corrected chi connectivity index (χ1v) is 9.37. The molecule has 1 aliphatic heterocycles. The highest BCUT2D eigenvalue weighted by atomic mass is 32.1. The molecule has 2 aromatic heterocycles. The molecule has 128 valence electrons. The molecule has 0 bridgehead atoms. The second kappa shape index (κ2) is 7.85. The maximum Gasteiger partial charge on any atom is 0.280 e. The third-order valence-corrected chi connectivity index (χ3v) is 5.14. The van der Waals surface area contributed by atoms with Crippen LogP contribution in [0.15, 0.2) is 29.9 Å². The zero-order valence-corrected chi connectivity index (χ0v) is 15.1. The lowest BCUT2D eigenvalue weighted by Crippen LogP contribution is -2.47. The van der Waals surface area contributed by atoms with Gasteiger partial charge in [-0.2, -0.15) is 0 Å². The summed E-state index contributed by atoms with van der Waals surface area (Å²) in [4.78, 5) is 23.4. The number of nitrogens with one attached hydrogen (secondary N) is 1. The number of carbonyl (C=O) groups excluding carboxylic acids is 1. The predicted octanol–water partition coefficient (Wildman–Crippen LogP) is 3.06.